The largest absolute Gasteiger partial charge is 0.366 e. The molecule has 2 atom stereocenters. The molecule has 0 saturated carbocycles. The molecule has 18 heavy (non-hydrogen) atoms. The number of carbonyl (C=O) groups excluding carboxylic acids is 2. The second-order valence-electron chi connectivity index (χ2n) is 4.20. The Kier molecular flexibility index (Phi) is 4.38. The number of nitrogens with one attached hydrogen (secondary N) is 1. The Morgan fingerprint density at radius 3 is 2.44 bits per heavy atom. The third-order valence-corrected chi connectivity index (χ3v) is 2.71. The van der Waals surface area contributed by atoms with E-state index in [1.165, 1.54) is 12.1 Å². The topological polar surface area (TPSA) is 98.2 Å². The van der Waals surface area contributed by atoms with Gasteiger partial charge in [0.1, 0.15) is 5.82 Å². The zero-order chi connectivity index (χ0) is 13.9. The van der Waals surface area contributed by atoms with Crippen molar-refractivity contribution in [2.75, 3.05) is 5.32 Å². The van der Waals surface area contributed by atoms with Crippen LogP contribution in [0.5, 0.6) is 0 Å². The van der Waals surface area contributed by atoms with Crippen LogP contribution in [0.3, 0.4) is 0 Å². The number of benzene rings is 1. The summed E-state index contributed by atoms with van der Waals surface area (Å²) in [6, 6.07) is 3.17. The molecule has 0 spiro atoms. The summed E-state index contributed by atoms with van der Waals surface area (Å²) >= 11 is 0. The summed E-state index contributed by atoms with van der Waals surface area (Å²) in [5.41, 5.74) is 10.7. The van der Waals surface area contributed by atoms with Gasteiger partial charge in [0.25, 0.3) is 0 Å². The summed E-state index contributed by atoms with van der Waals surface area (Å²) in [6.45, 7) is 3.32. The second kappa shape index (κ2) is 5.59. The molecule has 0 aliphatic heterocycles. The number of carbonyl (C=O) groups is 2. The van der Waals surface area contributed by atoms with Crippen molar-refractivity contribution in [2.45, 2.75) is 19.9 Å². The lowest BCUT2D eigenvalue weighted by atomic mass is 10.0. The van der Waals surface area contributed by atoms with E-state index in [0.29, 0.717) is 0 Å². The molecule has 2 unspecified atom stereocenters. The van der Waals surface area contributed by atoms with Gasteiger partial charge in [-0.15, -0.1) is 0 Å². The molecule has 0 saturated heterocycles. The number of hydrogen-bond donors (Lipinski definition) is 3. The van der Waals surface area contributed by atoms with Crippen LogP contribution in [0.1, 0.15) is 24.2 Å². The maximum absolute atomic E-state index is 13.5. The average molecular weight is 253 g/mol. The van der Waals surface area contributed by atoms with E-state index >= 15 is 0 Å². The maximum atomic E-state index is 13.5. The molecule has 5 nitrogen and oxygen atoms in total. The fraction of sp³-hybridized carbons (Fsp3) is 0.333. The molecular formula is C12H16FN3O2. The Balaban J connectivity index is 2.93. The first kappa shape index (κ1) is 14.1. The first-order valence-electron chi connectivity index (χ1n) is 5.48. The maximum Gasteiger partial charge on any atom is 0.248 e. The average Bonchev–Trinajstić information content (AvgIpc) is 2.30. The van der Waals surface area contributed by atoms with Crippen molar-refractivity contribution in [1.82, 2.24) is 0 Å². The van der Waals surface area contributed by atoms with E-state index in [1.807, 2.05) is 0 Å². The molecule has 0 bridgehead atoms. The number of anilines is 1. The van der Waals surface area contributed by atoms with Crippen molar-refractivity contribution in [3.05, 3.63) is 29.6 Å². The normalized spacial score (nSPS) is 13.8. The van der Waals surface area contributed by atoms with Crippen molar-refractivity contribution in [1.29, 1.82) is 0 Å². The van der Waals surface area contributed by atoms with Crippen molar-refractivity contribution < 1.29 is 14.0 Å². The number of amides is 2. The molecule has 0 heterocycles. The van der Waals surface area contributed by atoms with Crippen LogP contribution in [-0.2, 0) is 4.79 Å². The first-order chi connectivity index (χ1) is 8.32. The summed E-state index contributed by atoms with van der Waals surface area (Å²) in [5.74, 6) is -2.21. The van der Waals surface area contributed by atoms with Gasteiger partial charge in [0, 0.05) is 11.6 Å². The molecule has 1 aromatic carbocycles. The molecule has 0 aromatic heterocycles. The van der Waals surface area contributed by atoms with Crippen LogP contribution in [0.25, 0.3) is 0 Å². The summed E-state index contributed by atoms with van der Waals surface area (Å²) < 4.78 is 13.5. The number of halogens is 1. The van der Waals surface area contributed by atoms with Gasteiger partial charge in [0.05, 0.1) is 11.6 Å². The van der Waals surface area contributed by atoms with Crippen LogP contribution in [0, 0.1) is 11.7 Å². The molecule has 1 aromatic rings. The Morgan fingerprint density at radius 1 is 1.33 bits per heavy atom. The highest BCUT2D eigenvalue weighted by atomic mass is 19.1. The van der Waals surface area contributed by atoms with Gasteiger partial charge < -0.3 is 16.8 Å². The lowest BCUT2D eigenvalue weighted by Gasteiger charge is -2.15. The van der Waals surface area contributed by atoms with Crippen LogP contribution < -0.4 is 16.8 Å². The molecule has 0 radical (unpaired) electrons. The number of hydrogen-bond acceptors (Lipinski definition) is 3. The quantitative estimate of drug-likeness (QED) is 0.741. The smallest absolute Gasteiger partial charge is 0.248 e. The molecule has 98 valence electrons. The van der Waals surface area contributed by atoms with E-state index in [4.69, 9.17) is 11.5 Å². The monoisotopic (exact) mass is 253 g/mol. The van der Waals surface area contributed by atoms with E-state index in [1.54, 1.807) is 13.8 Å². The van der Waals surface area contributed by atoms with E-state index in [2.05, 4.69) is 5.32 Å². The summed E-state index contributed by atoms with van der Waals surface area (Å²) in [6.07, 6.45) is 0. The lowest BCUT2D eigenvalue weighted by molar-refractivity contribution is -0.119. The van der Waals surface area contributed by atoms with Crippen molar-refractivity contribution in [2.24, 2.45) is 17.4 Å². The summed E-state index contributed by atoms with van der Waals surface area (Å²) in [5, 5.41) is 2.38. The predicted molar refractivity (Wildman–Crippen MR) is 66.4 cm³/mol. The van der Waals surface area contributed by atoms with Crippen molar-refractivity contribution in [3.8, 4) is 0 Å². The number of nitrogens with two attached hydrogens (primary N) is 2. The van der Waals surface area contributed by atoms with E-state index in [-0.39, 0.29) is 17.3 Å². The number of rotatable bonds is 4. The van der Waals surface area contributed by atoms with Crippen LogP contribution in [0.15, 0.2) is 18.2 Å². The zero-order valence-electron chi connectivity index (χ0n) is 10.2. The Labute approximate surface area is 104 Å². The summed E-state index contributed by atoms with van der Waals surface area (Å²) in [4.78, 5) is 22.7. The minimum atomic E-state index is -0.689. The van der Waals surface area contributed by atoms with Gasteiger partial charge in [-0.1, -0.05) is 6.92 Å². The third-order valence-electron chi connectivity index (χ3n) is 2.71. The molecule has 0 aliphatic rings. The molecule has 2 amide bonds. The standard InChI is InChI=1S/C12H16FN3O2/c1-6(7(2)14)12(18)16-10-5-8(11(15)17)3-4-9(10)13/h3-7H,14H2,1-2H3,(H2,15,17)(H,16,18). The predicted octanol–water partition coefficient (Wildman–Crippen LogP) is 0.846. The molecule has 0 aliphatic carbocycles. The van der Waals surface area contributed by atoms with Gasteiger partial charge in [-0.05, 0) is 25.1 Å². The van der Waals surface area contributed by atoms with E-state index < -0.39 is 23.5 Å². The SMILES string of the molecule is CC(N)C(C)C(=O)Nc1cc(C(N)=O)ccc1F. The van der Waals surface area contributed by atoms with Crippen LogP contribution in [0.4, 0.5) is 10.1 Å². The van der Waals surface area contributed by atoms with Gasteiger partial charge in [0.15, 0.2) is 0 Å². The number of primary amides is 1. The van der Waals surface area contributed by atoms with Crippen LogP contribution in [-0.4, -0.2) is 17.9 Å². The van der Waals surface area contributed by atoms with E-state index in [9.17, 15) is 14.0 Å². The Bertz CT molecular complexity index is 474. The zero-order valence-corrected chi connectivity index (χ0v) is 10.2. The molecule has 6 heteroatoms. The van der Waals surface area contributed by atoms with Crippen LogP contribution >= 0.6 is 0 Å². The summed E-state index contributed by atoms with van der Waals surface area (Å²) in [7, 11) is 0. The lowest BCUT2D eigenvalue weighted by Crippen LogP contribution is -2.34. The van der Waals surface area contributed by atoms with E-state index in [0.717, 1.165) is 6.07 Å². The third kappa shape index (κ3) is 3.27. The van der Waals surface area contributed by atoms with Gasteiger partial charge in [-0.3, -0.25) is 9.59 Å². The first-order valence-corrected chi connectivity index (χ1v) is 5.48. The highest BCUT2D eigenvalue weighted by Gasteiger charge is 2.18. The highest BCUT2D eigenvalue weighted by molar-refractivity contribution is 5.97. The molecule has 5 N–H and O–H groups in total. The van der Waals surface area contributed by atoms with Gasteiger partial charge in [-0.25, -0.2) is 4.39 Å². The molecule has 0 fully saturated rings. The minimum absolute atomic E-state index is 0.0798. The molecule has 1 rings (SSSR count). The van der Waals surface area contributed by atoms with Gasteiger partial charge in [-0.2, -0.15) is 0 Å². The second-order valence-corrected chi connectivity index (χ2v) is 4.20. The van der Waals surface area contributed by atoms with Gasteiger partial charge >= 0.3 is 0 Å². The fourth-order valence-corrected chi connectivity index (χ4v) is 1.26. The Morgan fingerprint density at radius 2 is 1.94 bits per heavy atom. The minimum Gasteiger partial charge on any atom is -0.366 e. The fourth-order valence-electron chi connectivity index (χ4n) is 1.26. The molecular weight excluding hydrogens is 237 g/mol. The van der Waals surface area contributed by atoms with Crippen LogP contribution in [0.2, 0.25) is 0 Å². The highest BCUT2D eigenvalue weighted by Crippen LogP contribution is 2.17. The van der Waals surface area contributed by atoms with Crippen molar-refractivity contribution in [3.63, 3.8) is 0 Å². The van der Waals surface area contributed by atoms with Crippen molar-refractivity contribution >= 4 is 17.5 Å². The van der Waals surface area contributed by atoms with Gasteiger partial charge in [0.2, 0.25) is 11.8 Å². The Hall–Kier alpha value is -1.95.